The normalized spacial score (nSPS) is 10.3. The van der Waals surface area contributed by atoms with Crippen molar-refractivity contribution in [2.75, 3.05) is 0 Å². The minimum atomic E-state index is -0.211. The highest BCUT2D eigenvalue weighted by molar-refractivity contribution is 7.08. The Morgan fingerprint density at radius 3 is 2.80 bits per heavy atom. The summed E-state index contributed by atoms with van der Waals surface area (Å²) in [4.78, 5) is 12.3. The Balaban J connectivity index is 2.46. The summed E-state index contributed by atoms with van der Waals surface area (Å²) in [6.45, 7) is 0. The molecule has 2 aromatic rings. The van der Waals surface area contributed by atoms with Crippen molar-refractivity contribution in [1.29, 1.82) is 0 Å². The lowest BCUT2D eigenvalue weighted by molar-refractivity contribution is 0.104. The molecule has 0 radical (unpaired) electrons. The third-order valence-electron chi connectivity index (χ3n) is 1.76. The van der Waals surface area contributed by atoms with Gasteiger partial charge in [0.2, 0.25) is 5.78 Å². The maximum absolute atomic E-state index is 11.9. The van der Waals surface area contributed by atoms with Crippen molar-refractivity contribution in [2.24, 2.45) is 0 Å². The van der Waals surface area contributed by atoms with E-state index in [1.807, 2.05) is 0 Å². The summed E-state index contributed by atoms with van der Waals surface area (Å²) in [5, 5.41) is 4.44. The number of hydrogen-bond acceptors (Lipinski definition) is 4. The van der Waals surface area contributed by atoms with E-state index < -0.39 is 0 Å². The molecule has 2 rings (SSSR count). The van der Waals surface area contributed by atoms with Gasteiger partial charge in [-0.2, -0.15) is 0 Å². The third kappa shape index (κ3) is 2.17. The molecule has 1 heterocycles. The second kappa shape index (κ2) is 4.26. The van der Waals surface area contributed by atoms with Gasteiger partial charge >= 0.3 is 0 Å². The van der Waals surface area contributed by atoms with Crippen molar-refractivity contribution in [3.8, 4) is 0 Å². The summed E-state index contributed by atoms with van der Waals surface area (Å²) < 4.78 is 3.62. The molecule has 0 saturated carbocycles. The van der Waals surface area contributed by atoms with E-state index in [2.05, 4.69) is 9.59 Å². The minimum absolute atomic E-state index is 0.211. The van der Waals surface area contributed by atoms with E-state index in [1.54, 1.807) is 12.1 Å². The molecule has 6 heteroatoms. The highest BCUT2D eigenvalue weighted by Crippen LogP contribution is 2.23. The Morgan fingerprint density at radius 1 is 1.33 bits per heavy atom. The van der Waals surface area contributed by atoms with Gasteiger partial charge in [-0.15, -0.1) is 5.10 Å². The molecule has 0 amide bonds. The number of aromatic nitrogens is 2. The first-order valence-electron chi connectivity index (χ1n) is 3.95. The molecule has 1 aromatic carbocycles. The van der Waals surface area contributed by atoms with Crippen LogP contribution in [0.1, 0.15) is 15.2 Å². The van der Waals surface area contributed by atoms with Gasteiger partial charge in [0.15, 0.2) is 0 Å². The fourth-order valence-corrected chi connectivity index (χ4v) is 1.92. The zero-order valence-electron chi connectivity index (χ0n) is 7.28. The summed E-state index contributed by atoms with van der Waals surface area (Å²) >= 11 is 12.7. The first kappa shape index (κ1) is 10.5. The summed E-state index contributed by atoms with van der Waals surface area (Å²) in [6.07, 6.45) is 1.41. The third-order valence-corrected chi connectivity index (χ3v) is 2.99. The van der Waals surface area contributed by atoms with Crippen LogP contribution in [0.5, 0.6) is 0 Å². The largest absolute Gasteiger partial charge is 0.288 e. The summed E-state index contributed by atoms with van der Waals surface area (Å²) in [5.41, 5.74) is 0.371. The number of rotatable bonds is 2. The number of carbonyl (C=O) groups excluding carboxylic acids is 1. The highest BCUT2D eigenvalue weighted by atomic mass is 35.5. The molecule has 0 aliphatic carbocycles. The highest BCUT2D eigenvalue weighted by Gasteiger charge is 2.15. The Bertz CT molecular complexity index is 499. The molecule has 0 unspecified atom stereocenters. The molecule has 0 N–H and O–H groups in total. The van der Waals surface area contributed by atoms with E-state index in [1.165, 1.54) is 12.3 Å². The van der Waals surface area contributed by atoms with Crippen molar-refractivity contribution in [1.82, 2.24) is 9.59 Å². The van der Waals surface area contributed by atoms with Crippen LogP contribution in [0.3, 0.4) is 0 Å². The smallest absolute Gasteiger partial charge is 0.207 e. The average Bonchev–Trinajstić information content (AvgIpc) is 2.74. The van der Waals surface area contributed by atoms with Crippen molar-refractivity contribution in [3.05, 3.63) is 44.9 Å². The Kier molecular flexibility index (Phi) is 3.00. The topological polar surface area (TPSA) is 42.9 Å². The zero-order valence-corrected chi connectivity index (χ0v) is 9.60. The zero-order chi connectivity index (χ0) is 10.8. The number of hydrogen-bond donors (Lipinski definition) is 0. The van der Waals surface area contributed by atoms with Gasteiger partial charge in [-0.05, 0) is 29.7 Å². The van der Waals surface area contributed by atoms with Crippen molar-refractivity contribution >= 4 is 40.5 Å². The van der Waals surface area contributed by atoms with Gasteiger partial charge in [0.25, 0.3) is 0 Å². The summed E-state index contributed by atoms with van der Waals surface area (Å²) in [6, 6.07) is 4.75. The van der Waals surface area contributed by atoms with Crippen LogP contribution in [0.4, 0.5) is 0 Å². The molecule has 0 bridgehead atoms. The molecule has 0 spiro atoms. The van der Waals surface area contributed by atoms with Gasteiger partial charge in [-0.1, -0.05) is 27.7 Å². The summed E-state index contributed by atoms with van der Waals surface area (Å²) in [7, 11) is 0. The van der Waals surface area contributed by atoms with Crippen molar-refractivity contribution in [2.45, 2.75) is 0 Å². The maximum Gasteiger partial charge on any atom is 0.207 e. The van der Waals surface area contributed by atoms with Crippen LogP contribution in [0.25, 0.3) is 0 Å². The molecule has 3 nitrogen and oxygen atoms in total. The SMILES string of the molecule is O=C(c1cnns1)c1cc(Cl)ccc1Cl. The Labute approximate surface area is 99.8 Å². The Morgan fingerprint density at radius 2 is 2.13 bits per heavy atom. The molecule has 0 saturated heterocycles. The van der Waals surface area contributed by atoms with Gasteiger partial charge in [-0.25, -0.2) is 0 Å². The fourth-order valence-electron chi connectivity index (χ4n) is 1.07. The van der Waals surface area contributed by atoms with Crippen LogP contribution in [-0.2, 0) is 0 Å². The quantitative estimate of drug-likeness (QED) is 0.778. The second-order valence-corrected chi connectivity index (χ2v) is 4.36. The van der Waals surface area contributed by atoms with E-state index in [-0.39, 0.29) is 5.78 Å². The van der Waals surface area contributed by atoms with Crippen molar-refractivity contribution in [3.63, 3.8) is 0 Å². The maximum atomic E-state index is 11.9. The van der Waals surface area contributed by atoms with Gasteiger partial charge in [0, 0.05) is 10.6 Å². The molecule has 1 aromatic heterocycles. The predicted octanol–water partition coefficient (Wildman–Crippen LogP) is 3.08. The van der Waals surface area contributed by atoms with Gasteiger partial charge in [0.05, 0.1) is 11.2 Å². The van der Waals surface area contributed by atoms with Crippen LogP contribution in [0, 0.1) is 0 Å². The number of nitrogens with zero attached hydrogens (tertiary/aromatic N) is 2. The molecule has 0 atom stereocenters. The first-order chi connectivity index (χ1) is 7.18. The number of carbonyl (C=O) groups is 1. The van der Waals surface area contributed by atoms with Crippen LogP contribution < -0.4 is 0 Å². The predicted molar refractivity (Wildman–Crippen MR) is 59.8 cm³/mol. The standard InChI is InChI=1S/C9H4Cl2N2OS/c10-5-1-2-7(11)6(3-5)9(14)8-4-12-13-15-8/h1-4H. The lowest BCUT2D eigenvalue weighted by atomic mass is 10.1. The first-order valence-corrected chi connectivity index (χ1v) is 5.48. The second-order valence-electron chi connectivity index (χ2n) is 2.74. The van der Waals surface area contributed by atoms with Crippen molar-refractivity contribution < 1.29 is 4.79 Å². The lowest BCUT2D eigenvalue weighted by Gasteiger charge is -2.00. The molecule has 76 valence electrons. The van der Waals surface area contributed by atoms with E-state index in [0.29, 0.717) is 20.5 Å². The fraction of sp³-hybridized carbons (Fsp3) is 0. The van der Waals surface area contributed by atoms with Gasteiger partial charge in [0.1, 0.15) is 4.88 Å². The Hall–Kier alpha value is -0.970. The molecule has 15 heavy (non-hydrogen) atoms. The monoisotopic (exact) mass is 258 g/mol. The lowest BCUT2D eigenvalue weighted by Crippen LogP contribution is -1.99. The van der Waals surface area contributed by atoms with Crippen LogP contribution in [0.15, 0.2) is 24.4 Å². The summed E-state index contributed by atoms with van der Waals surface area (Å²) in [5.74, 6) is -0.211. The molecule has 0 aliphatic heterocycles. The van der Waals surface area contributed by atoms with Gasteiger partial charge < -0.3 is 0 Å². The van der Waals surface area contributed by atoms with E-state index in [4.69, 9.17) is 23.2 Å². The van der Waals surface area contributed by atoms with Crippen LogP contribution >= 0.6 is 34.7 Å². The van der Waals surface area contributed by atoms with E-state index in [0.717, 1.165) is 11.5 Å². The van der Waals surface area contributed by atoms with Gasteiger partial charge in [-0.3, -0.25) is 4.79 Å². The van der Waals surface area contributed by atoms with Crippen LogP contribution in [-0.4, -0.2) is 15.4 Å². The minimum Gasteiger partial charge on any atom is -0.288 e. The van der Waals surface area contributed by atoms with Crippen LogP contribution in [0.2, 0.25) is 10.0 Å². The number of benzene rings is 1. The molecule has 0 aliphatic rings. The molecule has 0 fully saturated rings. The number of ketones is 1. The van der Waals surface area contributed by atoms with E-state index >= 15 is 0 Å². The average molecular weight is 259 g/mol. The molecular weight excluding hydrogens is 255 g/mol. The van der Waals surface area contributed by atoms with E-state index in [9.17, 15) is 4.79 Å². The number of halogens is 2. The molecular formula is C9H4Cl2N2OS.